The highest BCUT2D eigenvalue weighted by Crippen LogP contribution is 2.12. The summed E-state index contributed by atoms with van der Waals surface area (Å²) < 4.78 is 4.94. The summed E-state index contributed by atoms with van der Waals surface area (Å²) in [5, 5.41) is 4.87. The zero-order valence-corrected chi connectivity index (χ0v) is 9.90. The molecule has 1 heterocycles. The molecule has 0 aliphatic rings. The van der Waals surface area contributed by atoms with E-state index in [1.165, 1.54) is 13.3 Å². The molecule has 0 fully saturated rings. The van der Waals surface area contributed by atoms with Crippen LogP contribution in [0.2, 0.25) is 0 Å². The highest BCUT2D eigenvalue weighted by Gasteiger charge is 2.13. The molecule has 94 valence electrons. The standard InChI is InChI=1S/C12H13N3O3/c1-3-6-13-10(16)8-15-11(17)9-5-4-7-14-12(9)18-2/h1,4-5,7H,6,8H2,2H3,(H,13,16)(H,15,17). The zero-order chi connectivity index (χ0) is 13.4. The number of hydrogen-bond acceptors (Lipinski definition) is 4. The van der Waals surface area contributed by atoms with Crippen LogP contribution in [0.15, 0.2) is 18.3 Å². The predicted octanol–water partition coefficient (Wildman–Crippen LogP) is -0.431. The van der Waals surface area contributed by atoms with Crippen LogP contribution in [0.3, 0.4) is 0 Å². The monoisotopic (exact) mass is 247 g/mol. The molecule has 0 saturated carbocycles. The number of nitrogens with one attached hydrogen (secondary N) is 2. The number of aromatic nitrogens is 1. The molecule has 2 N–H and O–H groups in total. The number of nitrogens with zero attached hydrogens (tertiary/aromatic N) is 1. The highest BCUT2D eigenvalue weighted by molar-refractivity contribution is 5.98. The maximum absolute atomic E-state index is 11.8. The van der Waals surface area contributed by atoms with Crippen molar-refractivity contribution in [1.82, 2.24) is 15.6 Å². The second-order valence-corrected chi connectivity index (χ2v) is 3.22. The number of amides is 2. The maximum atomic E-state index is 11.8. The molecule has 0 bridgehead atoms. The van der Waals surface area contributed by atoms with E-state index in [0.717, 1.165) is 0 Å². The fourth-order valence-corrected chi connectivity index (χ4v) is 1.19. The number of carbonyl (C=O) groups is 2. The van der Waals surface area contributed by atoms with Gasteiger partial charge in [0, 0.05) is 6.20 Å². The highest BCUT2D eigenvalue weighted by atomic mass is 16.5. The van der Waals surface area contributed by atoms with Gasteiger partial charge in [-0.05, 0) is 12.1 Å². The van der Waals surface area contributed by atoms with Crippen molar-refractivity contribution in [1.29, 1.82) is 0 Å². The molecule has 1 rings (SSSR count). The Labute approximate surface area is 105 Å². The molecule has 0 spiro atoms. The van der Waals surface area contributed by atoms with Gasteiger partial charge in [-0.3, -0.25) is 9.59 Å². The zero-order valence-electron chi connectivity index (χ0n) is 9.90. The quantitative estimate of drug-likeness (QED) is 0.692. The summed E-state index contributed by atoms with van der Waals surface area (Å²) >= 11 is 0. The lowest BCUT2D eigenvalue weighted by molar-refractivity contribution is -0.119. The second kappa shape index (κ2) is 6.91. The molecule has 0 aliphatic carbocycles. The third-order valence-corrected chi connectivity index (χ3v) is 2.01. The molecule has 0 radical (unpaired) electrons. The van der Waals surface area contributed by atoms with Crippen LogP contribution >= 0.6 is 0 Å². The van der Waals surface area contributed by atoms with Crippen molar-refractivity contribution in [3.63, 3.8) is 0 Å². The summed E-state index contributed by atoms with van der Waals surface area (Å²) in [7, 11) is 1.42. The van der Waals surface area contributed by atoms with Crippen LogP contribution in [-0.4, -0.2) is 37.0 Å². The summed E-state index contributed by atoms with van der Waals surface area (Å²) in [5.41, 5.74) is 0.268. The Morgan fingerprint density at radius 2 is 2.28 bits per heavy atom. The molecule has 18 heavy (non-hydrogen) atoms. The van der Waals surface area contributed by atoms with E-state index >= 15 is 0 Å². The van der Waals surface area contributed by atoms with Crippen molar-refractivity contribution < 1.29 is 14.3 Å². The van der Waals surface area contributed by atoms with Crippen molar-refractivity contribution in [3.8, 4) is 18.2 Å². The molecule has 0 saturated heterocycles. The molecule has 6 heteroatoms. The summed E-state index contributed by atoms with van der Waals surface area (Å²) in [6, 6.07) is 3.16. The minimum Gasteiger partial charge on any atom is -0.480 e. The number of carbonyl (C=O) groups excluding carboxylic acids is 2. The first-order valence-corrected chi connectivity index (χ1v) is 5.16. The van der Waals surface area contributed by atoms with Crippen LogP contribution < -0.4 is 15.4 Å². The lowest BCUT2D eigenvalue weighted by Gasteiger charge is -2.07. The van der Waals surface area contributed by atoms with Crippen molar-refractivity contribution in [2.45, 2.75) is 0 Å². The minimum atomic E-state index is -0.434. The van der Waals surface area contributed by atoms with Gasteiger partial charge in [-0.25, -0.2) is 4.98 Å². The van der Waals surface area contributed by atoms with Gasteiger partial charge in [0.25, 0.3) is 5.91 Å². The van der Waals surface area contributed by atoms with Gasteiger partial charge in [-0.15, -0.1) is 6.42 Å². The molecule has 6 nitrogen and oxygen atoms in total. The average Bonchev–Trinajstić information content (AvgIpc) is 2.42. The lowest BCUT2D eigenvalue weighted by Crippen LogP contribution is -2.37. The van der Waals surface area contributed by atoms with E-state index in [2.05, 4.69) is 21.5 Å². The van der Waals surface area contributed by atoms with Crippen LogP contribution in [0.4, 0.5) is 0 Å². The van der Waals surface area contributed by atoms with Crippen LogP contribution in [0.25, 0.3) is 0 Å². The third-order valence-electron chi connectivity index (χ3n) is 2.01. The molecule has 0 aromatic carbocycles. The van der Waals surface area contributed by atoms with Crippen molar-refractivity contribution in [2.24, 2.45) is 0 Å². The van der Waals surface area contributed by atoms with Crippen LogP contribution in [0, 0.1) is 12.3 Å². The molecule has 0 unspecified atom stereocenters. The fraction of sp³-hybridized carbons (Fsp3) is 0.250. The SMILES string of the molecule is C#CCNC(=O)CNC(=O)c1cccnc1OC. The number of rotatable bonds is 5. The number of methoxy groups -OCH3 is 1. The summed E-state index contributed by atoms with van der Waals surface area (Å²) in [5.74, 6) is 1.68. The first kappa shape index (κ1) is 13.5. The Balaban J connectivity index is 2.56. The largest absolute Gasteiger partial charge is 0.480 e. The van der Waals surface area contributed by atoms with E-state index in [4.69, 9.17) is 11.2 Å². The van der Waals surface area contributed by atoms with Gasteiger partial charge in [0.1, 0.15) is 5.56 Å². The number of terminal acetylenes is 1. The average molecular weight is 247 g/mol. The molecule has 2 amide bonds. The van der Waals surface area contributed by atoms with Gasteiger partial charge in [0.15, 0.2) is 0 Å². The van der Waals surface area contributed by atoms with Crippen molar-refractivity contribution in [2.75, 3.05) is 20.2 Å². The van der Waals surface area contributed by atoms with Gasteiger partial charge in [0.2, 0.25) is 11.8 Å². The number of pyridine rings is 1. The smallest absolute Gasteiger partial charge is 0.257 e. The van der Waals surface area contributed by atoms with Crippen LogP contribution in [-0.2, 0) is 4.79 Å². The molecular weight excluding hydrogens is 234 g/mol. The summed E-state index contributed by atoms with van der Waals surface area (Å²) in [6.45, 7) is -0.0243. The van der Waals surface area contributed by atoms with Crippen molar-refractivity contribution >= 4 is 11.8 Å². The Hall–Kier alpha value is -2.55. The predicted molar refractivity (Wildman–Crippen MR) is 65.0 cm³/mol. The van der Waals surface area contributed by atoms with E-state index < -0.39 is 5.91 Å². The second-order valence-electron chi connectivity index (χ2n) is 3.22. The van der Waals surface area contributed by atoms with Crippen LogP contribution in [0.1, 0.15) is 10.4 Å². The first-order valence-electron chi connectivity index (χ1n) is 5.16. The van der Waals surface area contributed by atoms with E-state index in [9.17, 15) is 9.59 Å². The molecule has 1 aromatic heterocycles. The van der Waals surface area contributed by atoms with E-state index in [1.54, 1.807) is 12.1 Å². The number of hydrogen-bond donors (Lipinski definition) is 2. The summed E-state index contributed by atoms with van der Waals surface area (Å²) in [6.07, 6.45) is 6.49. The van der Waals surface area contributed by atoms with Gasteiger partial charge >= 0.3 is 0 Å². The Morgan fingerprint density at radius 1 is 1.50 bits per heavy atom. The van der Waals surface area contributed by atoms with Gasteiger partial charge in [-0.1, -0.05) is 5.92 Å². The van der Waals surface area contributed by atoms with E-state index in [-0.39, 0.29) is 30.4 Å². The minimum absolute atomic E-state index is 0.130. The van der Waals surface area contributed by atoms with Gasteiger partial charge in [0.05, 0.1) is 20.2 Å². The van der Waals surface area contributed by atoms with Gasteiger partial charge in [-0.2, -0.15) is 0 Å². The third kappa shape index (κ3) is 3.79. The maximum Gasteiger partial charge on any atom is 0.257 e. The van der Waals surface area contributed by atoms with Crippen molar-refractivity contribution in [3.05, 3.63) is 23.9 Å². The van der Waals surface area contributed by atoms with E-state index in [0.29, 0.717) is 0 Å². The summed E-state index contributed by atoms with van der Waals surface area (Å²) in [4.78, 5) is 26.9. The fourth-order valence-electron chi connectivity index (χ4n) is 1.19. The molecule has 0 atom stereocenters. The van der Waals surface area contributed by atoms with Gasteiger partial charge < -0.3 is 15.4 Å². The molecular formula is C12H13N3O3. The van der Waals surface area contributed by atoms with E-state index in [1.807, 2.05) is 0 Å². The normalized spacial score (nSPS) is 9.11. The lowest BCUT2D eigenvalue weighted by atomic mass is 10.2. The molecule has 1 aromatic rings. The Kier molecular flexibility index (Phi) is 5.19. The van der Waals surface area contributed by atoms with Crippen LogP contribution in [0.5, 0.6) is 5.88 Å². The first-order chi connectivity index (χ1) is 8.69. The Morgan fingerprint density at radius 3 is 2.94 bits per heavy atom. The Bertz CT molecular complexity index is 480. The topological polar surface area (TPSA) is 80.3 Å². The number of ether oxygens (including phenoxy) is 1. The molecule has 0 aliphatic heterocycles.